The van der Waals surface area contributed by atoms with E-state index in [1.165, 1.54) is 6.07 Å². The number of Topliss-reactive ketones (excluding diaryl/α,β-unsaturated/α-hetero) is 1. The maximum atomic E-state index is 14.3. The van der Waals surface area contributed by atoms with E-state index >= 15 is 0 Å². The van der Waals surface area contributed by atoms with E-state index in [0.717, 1.165) is 27.7 Å². The van der Waals surface area contributed by atoms with Gasteiger partial charge in [0.15, 0.2) is 5.78 Å². The number of hydrogen-bond acceptors (Lipinski definition) is 3. The number of rotatable bonds is 5. The molecule has 2 heterocycles. The van der Waals surface area contributed by atoms with Crippen molar-refractivity contribution < 1.29 is 9.18 Å². The molecule has 1 atom stereocenters. The van der Waals surface area contributed by atoms with E-state index in [1.54, 1.807) is 6.07 Å². The zero-order valence-electron chi connectivity index (χ0n) is 18.1. The molecular weight excluding hydrogens is 401 g/mol. The molecule has 1 aliphatic heterocycles. The van der Waals surface area contributed by atoms with Gasteiger partial charge in [-0.25, -0.2) is 4.39 Å². The topological polar surface area (TPSA) is 39.3 Å². The van der Waals surface area contributed by atoms with Gasteiger partial charge in [0.05, 0.1) is 11.7 Å². The summed E-state index contributed by atoms with van der Waals surface area (Å²) in [5.41, 5.74) is 4.24. The second-order valence-corrected chi connectivity index (χ2v) is 8.32. The lowest BCUT2D eigenvalue weighted by Crippen LogP contribution is -2.49. The molecule has 32 heavy (non-hydrogen) atoms. The molecular formula is C27H26FN3O. The fraction of sp³-hybridized carbons (Fsp3) is 0.222. The van der Waals surface area contributed by atoms with Gasteiger partial charge in [-0.2, -0.15) is 0 Å². The van der Waals surface area contributed by atoms with Gasteiger partial charge in [0, 0.05) is 48.3 Å². The molecule has 1 saturated heterocycles. The number of fused-ring (bicyclic) bond motifs is 1. The Morgan fingerprint density at radius 3 is 2.28 bits per heavy atom. The number of nitrogens with one attached hydrogen (secondary N) is 1. The van der Waals surface area contributed by atoms with Crippen LogP contribution in [0.3, 0.4) is 0 Å². The highest BCUT2D eigenvalue weighted by Crippen LogP contribution is 2.32. The number of carbonyl (C=O) groups is 1. The van der Waals surface area contributed by atoms with Crippen molar-refractivity contribution in [2.75, 3.05) is 31.1 Å². The van der Waals surface area contributed by atoms with Crippen LogP contribution in [0.1, 0.15) is 27.7 Å². The zero-order valence-corrected chi connectivity index (χ0v) is 18.1. The number of carbonyl (C=O) groups excluding carboxylic acids is 1. The summed E-state index contributed by atoms with van der Waals surface area (Å²) in [6.45, 7) is 4.67. The minimum Gasteiger partial charge on any atom is -0.367 e. The Balaban J connectivity index is 1.47. The lowest BCUT2D eigenvalue weighted by Gasteiger charge is -2.40. The molecule has 0 amide bonds. The summed E-state index contributed by atoms with van der Waals surface area (Å²) < 4.78 is 14.3. The third kappa shape index (κ3) is 3.69. The maximum Gasteiger partial charge on any atom is 0.186 e. The Kier molecular flexibility index (Phi) is 5.50. The van der Waals surface area contributed by atoms with Crippen LogP contribution in [0, 0.1) is 12.7 Å². The van der Waals surface area contributed by atoms with Crippen molar-refractivity contribution >= 4 is 22.4 Å². The molecule has 1 N–H and O–H groups in total. The predicted molar refractivity (Wildman–Crippen MR) is 127 cm³/mol. The van der Waals surface area contributed by atoms with Crippen LogP contribution in [0.4, 0.5) is 10.1 Å². The van der Waals surface area contributed by atoms with Crippen molar-refractivity contribution in [1.82, 2.24) is 9.88 Å². The molecule has 0 unspecified atom stereocenters. The second kappa shape index (κ2) is 8.60. The van der Waals surface area contributed by atoms with Crippen LogP contribution >= 0.6 is 0 Å². The van der Waals surface area contributed by atoms with E-state index in [2.05, 4.69) is 14.8 Å². The lowest BCUT2D eigenvalue weighted by molar-refractivity contribution is 0.0807. The van der Waals surface area contributed by atoms with E-state index in [-0.39, 0.29) is 17.6 Å². The molecule has 0 saturated carbocycles. The smallest absolute Gasteiger partial charge is 0.186 e. The number of para-hydroxylation sites is 2. The first-order valence-corrected chi connectivity index (χ1v) is 11.0. The normalized spacial score (nSPS) is 15.8. The maximum absolute atomic E-state index is 14.3. The number of hydrogen-bond donors (Lipinski definition) is 1. The number of nitrogens with zero attached hydrogens (tertiary/aromatic N) is 2. The first-order chi connectivity index (χ1) is 15.6. The van der Waals surface area contributed by atoms with Crippen molar-refractivity contribution in [3.8, 4) is 0 Å². The fourth-order valence-electron chi connectivity index (χ4n) is 4.82. The minimum atomic E-state index is -0.378. The number of benzene rings is 3. The monoisotopic (exact) mass is 427 g/mol. The number of aromatic nitrogens is 1. The highest BCUT2D eigenvalue weighted by molar-refractivity contribution is 6.11. The Hall–Kier alpha value is -3.44. The molecule has 1 aliphatic rings. The summed E-state index contributed by atoms with van der Waals surface area (Å²) in [6, 6.07) is 24.4. The van der Waals surface area contributed by atoms with Crippen LogP contribution in [-0.2, 0) is 0 Å². The highest BCUT2D eigenvalue weighted by atomic mass is 19.1. The average molecular weight is 428 g/mol. The van der Waals surface area contributed by atoms with Crippen molar-refractivity contribution in [1.29, 1.82) is 0 Å². The van der Waals surface area contributed by atoms with E-state index in [4.69, 9.17) is 0 Å². The number of aromatic amines is 1. The van der Waals surface area contributed by atoms with E-state index in [9.17, 15) is 9.18 Å². The van der Waals surface area contributed by atoms with Crippen LogP contribution in [0.25, 0.3) is 10.9 Å². The molecule has 1 fully saturated rings. The van der Waals surface area contributed by atoms with Crippen LogP contribution in [-0.4, -0.2) is 41.8 Å². The standard InChI is InChI=1S/C27H26FN3O/c1-19-25(21-11-5-7-13-23(21)29-19)27(32)26(20-9-3-2-4-10-20)31-17-15-30(16-18-31)24-14-8-6-12-22(24)28/h2-14,26,29H,15-18H2,1H3/t26-/m1/s1. The summed E-state index contributed by atoms with van der Waals surface area (Å²) in [6.07, 6.45) is 0. The third-order valence-corrected chi connectivity index (χ3v) is 6.38. The molecule has 0 aliphatic carbocycles. The molecule has 162 valence electrons. The summed E-state index contributed by atoms with van der Waals surface area (Å²) in [7, 11) is 0. The van der Waals surface area contributed by atoms with Crippen LogP contribution in [0.2, 0.25) is 0 Å². The van der Waals surface area contributed by atoms with Crippen molar-refractivity contribution in [3.63, 3.8) is 0 Å². The summed E-state index contributed by atoms with van der Waals surface area (Å²) >= 11 is 0. The second-order valence-electron chi connectivity index (χ2n) is 8.32. The van der Waals surface area contributed by atoms with Crippen LogP contribution in [0.5, 0.6) is 0 Å². The van der Waals surface area contributed by atoms with Gasteiger partial charge in [0.1, 0.15) is 5.82 Å². The van der Waals surface area contributed by atoms with Gasteiger partial charge in [0.2, 0.25) is 0 Å². The van der Waals surface area contributed by atoms with E-state index < -0.39 is 0 Å². The molecule has 4 aromatic rings. The van der Waals surface area contributed by atoms with Gasteiger partial charge in [-0.15, -0.1) is 0 Å². The molecule has 1 aromatic heterocycles. The lowest BCUT2D eigenvalue weighted by atomic mass is 9.93. The Morgan fingerprint density at radius 2 is 1.53 bits per heavy atom. The largest absolute Gasteiger partial charge is 0.367 e. The molecule has 0 bridgehead atoms. The van der Waals surface area contributed by atoms with Crippen LogP contribution in [0.15, 0.2) is 78.9 Å². The summed E-state index contributed by atoms with van der Waals surface area (Å²) in [5, 5.41) is 0.959. The van der Waals surface area contributed by atoms with Crippen molar-refractivity contribution in [2.24, 2.45) is 0 Å². The first kappa shape index (κ1) is 20.5. The number of anilines is 1. The molecule has 0 spiro atoms. The summed E-state index contributed by atoms with van der Waals surface area (Å²) in [5.74, 6) is -0.100. The average Bonchev–Trinajstić information content (AvgIpc) is 3.16. The van der Waals surface area contributed by atoms with Gasteiger partial charge in [0.25, 0.3) is 0 Å². The fourth-order valence-corrected chi connectivity index (χ4v) is 4.82. The van der Waals surface area contributed by atoms with Gasteiger partial charge in [-0.1, -0.05) is 60.7 Å². The number of ketones is 1. The minimum absolute atomic E-state index is 0.102. The van der Waals surface area contributed by atoms with Gasteiger partial charge >= 0.3 is 0 Å². The zero-order chi connectivity index (χ0) is 22.1. The summed E-state index contributed by atoms with van der Waals surface area (Å²) in [4.78, 5) is 21.7. The third-order valence-electron chi connectivity index (χ3n) is 6.38. The van der Waals surface area contributed by atoms with Crippen molar-refractivity contribution in [2.45, 2.75) is 13.0 Å². The van der Waals surface area contributed by atoms with Crippen LogP contribution < -0.4 is 4.90 Å². The quantitative estimate of drug-likeness (QED) is 0.436. The highest BCUT2D eigenvalue weighted by Gasteiger charge is 2.33. The Morgan fingerprint density at radius 1 is 0.875 bits per heavy atom. The Labute approximate surface area is 187 Å². The SMILES string of the molecule is Cc1[nH]c2ccccc2c1C(=O)[C@@H](c1ccccc1)N1CCN(c2ccccc2F)CC1. The van der Waals surface area contributed by atoms with E-state index in [0.29, 0.717) is 31.9 Å². The van der Waals surface area contributed by atoms with Gasteiger partial charge < -0.3 is 9.88 Å². The van der Waals surface area contributed by atoms with Gasteiger partial charge in [-0.3, -0.25) is 9.69 Å². The van der Waals surface area contributed by atoms with Gasteiger partial charge in [-0.05, 0) is 30.7 Å². The number of H-pyrrole nitrogens is 1. The number of aryl methyl sites for hydroxylation is 1. The molecule has 5 rings (SSSR count). The predicted octanol–water partition coefficient (Wildman–Crippen LogP) is 5.36. The number of halogens is 1. The Bertz CT molecular complexity index is 1240. The molecule has 4 nitrogen and oxygen atoms in total. The first-order valence-electron chi connectivity index (χ1n) is 11.0. The van der Waals surface area contributed by atoms with E-state index in [1.807, 2.05) is 73.7 Å². The van der Waals surface area contributed by atoms with Crippen molar-refractivity contribution in [3.05, 3.63) is 102 Å². The molecule has 3 aromatic carbocycles. The molecule has 0 radical (unpaired) electrons. The molecule has 5 heteroatoms. The number of piperazine rings is 1.